The summed E-state index contributed by atoms with van der Waals surface area (Å²) in [5.41, 5.74) is 2.21. The van der Waals surface area contributed by atoms with Gasteiger partial charge < -0.3 is 19.2 Å². The quantitative estimate of drug-likeness (QED) is 0.844. The zero-order valence-electron chi connectivity index (χ0n) is 13.1. The molecule has 0 radical (unpaired) electrons. The first-order chi connectivity index (χ1) is 10.2. The normalized spacial score (nSPS) is 12.2. The molecule has 1 heterocycles. The molecule has 1 aromatic carbocycles. The van der Waals surface area contributed by atoms with Crippen molar-refractivity contribution >= 4 is 0 Å². The van der Waals surface area contributed by atoms with Gasteiger partial charge in [-0.15, -0.1) is 0 Å². The largest absolute Gasteiger partial charge is 0.490 e. The number of furan rings is 1. The van der Waals surface area contributed by atoms with Crippen LogP contribution in [0.25, 0.3) is 0 Å². The third-order valence-corrected chi connectivity index (χ3v) is 3.35. The fraction of sp³-hybridized carbons (Fsp3) is 0.412. The van der Waals surface area contributed by atoms with Crippen LogP contribution in [0.3, 0.4) is 0 Å². The Kier molecular flexibility index (Phi) is 5.28. The van der Waals surface area contributed by atoms with E-state index in [4.69, 9.17) is 13.9 Å². The van der Waals surface area contributed by atoms with Crippen LogP contribution in [0.2, 0.25) is 0 Å². The predicted molar refractivity (Wildman–Crippen MR) is 83.1 cm³/mol. The van der Waals surface area contributed by atoms with E-state index in [1.54, 1.807) is 6.26 Å². The summed E-state index contributed by atoms with van der Waals surface area (Å²) in [6, 6.07) is 7.97. The molecular formula is C17H23NO3. The summed E-state index contributed by atoms with van der Waals surface area (Å²) in [4.78, 5) is 0. The molecule has 1 aromatic heterocycles. The summed E-state index contributed by atoms with van der Waals surface area (Å²) >= 11 is 0. The van der Waals surface area contributed by atoms with Gasteiger partial charge in [-0.1, -0.05) is 6.07 Å². The van der Waals surface area contributed by atoms with Crippen molar-refractivity contribution in [2.75, 3.05) is 20.3 Å². The Balaban J connectivity index is 2.38. The molecule has 4 nitrogen and oxygen atoms in total. The minimum Gasteiger partial charge on any atom is -0.490 e. The summed E-state index contributed by atoms with van der Waals surface area (Å²) in [5.74, 6) is 2.46. The third kappa shape index (κ3) is 3.39. The first kappa shape index (κ1) is 15.4. The Labute approximate surface area is 126 Å². The summed E-state index contributed by atoms with van der Waals surface area (Å²) in [6.45, 7) is 7.20. The average Bonchev–Trinajstić information content (AvgIpc) is 2.89. The van der Waals surface area contributed by atoms with Gasteiger partial charge in [0.25, 0.3) is 0 Å². The summed E-state index contributed by atoms with van der Waals surface area (Å²) in [6.07, 6.45) is 1.72. The number of rotatable bonds is 7. The molecule has 0 spiro atoms. The molecule has 1 atom stereocenters. The maximum atomic E-state index is 5.69. The van der Waals surface area contributed by atoms with E-state index < -0.39 is 0 Å². The van der Waals surface area contributed by atoms with Crippen LogP contribution in [0.5, 0.6) is 11.5 Å². The molecule has 0 aliphatic rings. The van der Waals surface area contributed by atoms with Crippen molar-refractivity contribution in [3.63, 3.8) is 0 Å². The van der Waals surface area contributed by atoms with E-state index in [9.17, 15) is 0 Å². The molecule has 0 aliphatic carbocycles. The highest BCUT2D eigenvalue weighted by atomic mass is 16.5. The van der Waals surface area contributed by atoms with E-state index in [1.165, 1.54) is 0 Å². The van der Waals surface area contributed by atoms with Crippen molar-refractivity contribution in [3.8, 4) is 11.5 Å². The number of aryl methyl sites for hydroxylation is 1. The lowest BCUT2D eigenvalue weighted by Crippen LogP contribution is -2.18. The lowest BCUT2D eigenvalue weighted by atomic mass is 10.0. The van der Waals surface area contributed by atoms with E-state index in [0.717, 1.165) is 28.4 Å². The Morgan fingerprint density at radius 3 is 2.38 bits per heavy atom. The van der Waals surface area contributed by atoms with Gasteiger partial charge >= 0.3 is 0 Å². The van der Waals surface area contributed by atoms with Crippen LogP contribution >= 0.6 is 0 Å². The van der Waals surface area contributed by atoms with Crippen molar-refractivity contribution in [2.45, 2.75) is 26.8 Å². The lowest BCUT2D eigenvalue weighted by Gasteiger charge is -2.18. The molecule has 0 bridgehead atoms. The first-order valence-electron chi connectivity index (χ1n) is 7.32. The number of nitrogens with one attached hydrogen (secondary N) is 1. The molecule has 114 valence electrons. The van der Waals surface area contributed by atoms with E-state index in [1.807, 2.05) is 52.1 Å². The van der Waals surface area contributed by atoms with Crippen LogP contribution in [-0.2, 0) is 0 Å². The summed E-state index contributed by atoms with van der Waals surface area (Å²) < 4.78 is 16.9. The predicted octanol–water partition coefficient (Wildman–Crippen LogP) is 3.69. The number of ether oxygens (including phenoxy) is 2. The second kappa shape index (κ2) is 7.18. The second-order valence-electron chi connectivity index (χ2n) is 4.76. The van der Waals surface area contributed by atoms with Crippen LogP contribution in [0.15, 0.2) is 34.9 Å². The molecule has 0 aliphatic heterocycles. The average molecular weight is 289 g/mol. The van der Waals surface area contributed by atoms with Gasteiger partial charge in [-0.25, -0.2) is 0 Å². The smallest absolute Gasteiger partial charge is 0.161 e. The number of benzene rings is 1. The zero-order valence-corrected chi connectivity index (χ0v) is 13.1. The molecule has 0 saturated heterocycles. The monoisotopic (exact) mass is 289 g/mol. The first-order valence-corrected chi connectivity index (χ1v) is 7.32. The number of hydrogen-bond donors (Lipinski definition) is 1. The molecule has 0 saturated carbocycles. The van der Waals surface area contributed by atoms with Crippen molar-refractivity contribution < 1.29 is 13.9 Å². The van der Waals surface area contributed by atoms with Crippen LogP contribution in [0.1, 0.15) is 36.8 Å². The Morgan fingerprint density at radius 1 is 1.10 bits per heavy atom. The van der Waals surface area contributed by atoms with Crippen LogP contribution in [0, 0.1) is 6.92 Å². The van der Waals surface area contributed by atoms with Gasteiger partial charge in [0.05, 0.1) is 25.5 Å². The van der Waals surface area contributed by atoms with Crippen LogP contribution in [-0.4, -0.2) is 20.3 Å². The maximum absolute atomic E-state index is 5.69. The Hall–Kier alpha value is -1.94. The fourth-order valence-corrected chi connectivity index (χ4v) is 2.38. The molecule has 1 N–H and O–H groups in total. The molecule has 2 aromatic rings. The van der Waals surface area contributed by atoms with E-state index in [-0.39, 0.29) is 6.04 Å². The lowest BCUT2D eigenvalue weighted by molar-refractivity contribution is 0.287. The third-order valence-electron chi connectivity index (χ3n) is 3.35. The minimum atomic E-state index is -0.00474. The SMILES string of the molecule is CCOc1ccc(C(NC)c2occc2C)cc1OCC. The molecular weight excluding hydrogens is 266 g/mol. The van der Waals surface area contributed by atoms with Gasteiger partial charge in [0, 0.05) is 0 Å². The minimum absolute atomic E-state index is 0.00474. The summed E-state index contributed by atoms with van der Waals surface area (Å²) in [5, 5.41) is 3.29. The van der Waals surface area contributed by atoms with Gasteiger partial charge in [0.2, 0.25) is 0 Å². The highest BCUT2D eigenvalue weighted by Crippen LogP contribution is 2.33. The molecule has 21 heavy (non-hydrogen) atoms. The summed E-state index contributed by atoms with van der Waals surface area (Å²) in [7, 11) is 1.92. The van der Waals surface area contributed by atoms with Crippen molar-refractivity contribution in [1.29, 1.82) is 0 Å². The Morgan fingerprint density at radius 2 is 1.81 bits per heavy atom. The van der Waals surface area contributed by atoms with Crippen molar-refractivity contribution in [1.82, 2.24) is 5.32 Å². The van der Waals surface area contributed by atoms with Crippen molar-refractivity contribution in [3.05, 3.63) is 47.4 Å². The van der Waals surface area contributed by atoms with Gasteiger partial charge in [-0.2, -0.15) is 0 Å². The topological polar surface area (TPSA) is 43.6 Å². The second-order valence-corrected chi connectivity index (χ2v) is 4.76. The van der Waals surface area contributed by atoms with Crippen LogP contribution in [0.4, 0.5) is 0 Å². The van der Waals surface area contributed by atoms with Gasteiger partial charge in [-0.3, -0.25) is 0 Å². The number of hydrogen-bond acceptors (Lipinski definition) is 4. The highest BCUT2D eigenvalue weighted by Gasteiger charge is 2.19. The van der Waals surface area contributed by atoms with E-state index in [2.05, 4.69) is 5.32 Å². The van der Waals surface area contributed by atoms with Crippen LogP contribution < -0.4 is 14.8 Å². The van der Waals surface area contributed by atoms with Crippen molar-refractivity contribution in [2.24, 2.45) is 0 Å². The van der Waals surface area contributed by atoms with Gasteiger partial charge in [-0.05, 0) is 57.1 Å². The molecule has 2 rings (SSSR count). The maximum Gasteiger partial charge on any atom is 0.161 e. The molecule has 0 fully saturated rings. The Bertz CT molecular complexity index is 577. The zero-order chi connectivity index (χ0) is 15.2. The highest BCUT2D eigenvalue weighted by molar-refractivity contribution is 5.45. The van der Waals surface area contributed by atoms with Gasteiger partial charge in [0.1, 0.15) is 5.76 Å². The fourth-order valence-electron chi connectivity index (χ4n) is 2.38. The van der Waals surface area contributed by atoms with E-state index in [0.29, 0.717) is 13.2 Å². The molecule has 1 unspecified atom stereocenters. The van der Waals surface area contributed by atoms with E-state index >= 15 is 0 Å². The molecule has 0 amide bonds. The van der Waals surface area contributed by atoms with Gasteiger partial charge in [0.15, 0.2) is 11.5 Å². The molecule has 4 heteroatoms. The standard InChI is InChI=1S/C17H23NO3/c1-5-19-14-8-7-13(11-15(14)20-6-2)16(18-4)17-12(3)9-10-21-17/h7-11,16,18H,5-6H2,1-4H3.